The van der Waals surface area contributed by atoms with Gasteiger partial charge in [0.25, 0.3) is 0 Å². The predicted octanol–water partition coefficient (Wildman–Crippen LogP) is 4.08. The Balaban J connectivity index is 0.000000816. The standard InChI is InChI=1S/C15H12O5.C3H8/c1-3-5-8(4-2)11-6-9(16)13-12(20-11)7-10(17)14(18)15(13)19;1-3-2/h3-7,17-19H,1-2H2;3H2,1-2H3/b8-5+;. The highest BCUT2D eigenvalue weighted by molar-refractivity contribution is 5.89. The molecule has 0 bridgehead atoms. The molecule has 2 aromatic rings. The number of phenols is 3. The smallest absolute Gasteiger partial charge is 0.201 e. The molecule has 0 amide bonds. The molecule has 1 aromatic heterocycles. The average molecular weight is 316 g/mol. The van der Waals surface area contributed by atoms with Gasteiger partial charge in [-0.3, -0.25) is 4.79 Å². The van der Waals surface area contributed by atoms with Crippen LogP contribution in [0.25, 0.3) is 16.5 Å². The number of hydrogen-bond donors (Lipinski definition) is 3. The zero-order valence-electron chi connectivity index (χ0n) is 13.2. The molecule has 0 atom stereocenters. The van der Waals surface area contributed by atoms with Crippen molar-refractivity contribution in [2.75, 3.05) is 0 Å². The van der Waals surface area contributed by atoms with Crippen molar-refractivity contribution in [3.63, 3.8) is 0 Å². The molecule has 0 saturated carbocycles. The van der Waals surface area contributed by atoms with Crippen LogP contribution >= 0.6 is 0 Å². The zero-order valence-corrected chi connectivity index (χ0v) is 13.2. The van der Waals surface area contributed by atoms with Crippen LogP contribution in [-0.2, 0) is 0 Å². The largest absolute Gasteiger partial charge is 0.504 e. The summed E-state index contributed by atoms with van der Waals surface area (Å²) >= 11 is 0. The van der Waals surface area contributed by atoms with Crippen molar-refractivity contribution < 1.29 is 19.7 Å². The van der Waals surface area contributed by atoms with Crippen molar-refractivity contribution in [3.05, 3.63) is 59.5 Å². The van der Waals surface area contributed by atoms with Gasteiger partial charge < -0.3 is 19.7 Å². The number of benzene rings is 1. The van der Waals surface area contributed by atoms with E-state index in [4.69, 9.17) is 4.42 Å². The molecule has 0 spiro atoms. The highest BCUT2D eigenvalue weighted by Gasteiger charge is 2.17. The van der Waals surface area contributed by atoms with Crippen LogP contribution in [0.2, 0.25) is 0 Å². The van der Waals surface area contributed by atoms with Crippen molar-refractivity contribution in [1.29, 1.82) is 0 Å². The number of rotatable bonds is 3. The lowest BCUT2D eigenvalue weighted by molar-refractivity contribution is 0.370. The Labute approximate surface area is 134 Å². The van der Waals surface area contributed by atoms with Gasteiger partial charge in [0.1, 0.15) is 16.7 Å². The van der Waals surface area contributed by atoms with Crippen LogP contribution in [0.4, 0.5) is 0 Å². The predicted molar refractivity (Wildman–Crippen MR) is 91.8 cm³/mol. The minimum atomic E-state index is -0.761. The zero-order chi connectivity index (χ0) is 17.6. The minimum Gasteiger partial charge on any atom is -0.504 e. The second kappa shape index (κ2) is 7.89. The molecule has 122 valence electrons. The lowest BCUT2D eigenvalue weighted by atomic mass is 10.1. The molecule has 1 aromatic carbocycles. The van der Waals surface area contributed by atoms with Gasteiger partial charge in [-0.2, -0.15) is 0 Å². The Morgan fingerprint density at radius 2 is 1.78 bits per heavy atom. The van der Waals surface area contributed by atoms with E-state index in [1.165, 1.54) is 18.6 Å². The van der Waals surface area contributed by atoms with Crippen LogP contribution in [0.5, 0.6) is 17.2 Å². The van der Waals surface area contributed by atoms with Crippen molar-refractivity contribution in [2.45, 2.75) is 20.3 Å². The summed E-state index contributed by atoms with van der Waals surface area (Å²) in [7, 11) is 0. The summed E-state index contributed by atoms with van der Waals surface area (Å²) in [6.07, 6.45) is 5.83. The Bertz CT molecular complexity index is 812. The summed E-state index contributed by atoms with van der Waals surface area (Å²) < 4.78 is 5.45. The molecule has 5 heteroatoms. The number of phenolic OH excluding ortho intramolecular Hbond substituents is 3. The molecule has 0 saturated heterocycles. The molecule has 0 aliphatic heterocycles. The highest BCUT2D eigenvalue weighted by atomic mass is 16.3. The summed E-state index contributed by atoms with van der Waals surface area (Å²) in [4.78, 5) is 12.0. The van der Waals surface area contributed by atoms with E-state index in [1.807, 2.05) is 0 Å². The fraction of sp³-hybridized carbons (Fsp3) is 0.167. The van der Waals surface area contributed by atoms with Gasteiger partial charge in [0.2, 0.25) is 5.75 Å². The lowest BCUT2D eigenvalue weighted by Crippen LogP contribution is -2.02. The van der Waals surface area contributed by atoms with Crippen molar-refractivity contribution in [1.82, 2.24) is 0 Å². The van der Waals surface area contributed by atoms with E-state index in [0.717, 1.165) is 12.1 Å². The maximum absolute atomic E-state index is 12.0. The highest BCUT2D eigenvalue weighted by Crippen LogP contribution is 2.40. The first-order valence-corrected chi connectivity index (χ1v) is 7.08. The topological polar surface area (TPSA) is 90.9 Å². The third kappa shape index (κ3) is 3.83. The van der Waals surface area contributed by atoms with Crippen LogP contribution in [0.15, 0.2) is 52.7 Å². The van der Waals surface area contributed by atoms with Crippen LogP contribution in [0, 0.1) is 0 Å². The molecular weight excluding hydrogens is 296 g/mol. The molecule has 5 nitrogen and oxygen atoms in total. The first-order chi connectivity index (χ1) is 10.9. The van der Waals surface area contributed by atoms with Gasteiger partial charge in [-0.25, -0.2) is 0 Å². The van der Waals surface area contributed by atoms with E-state index in [0.29, 0.717) is 5.57 Å². The first kappa shape index (κ1) is 18.1. The summed E-state index contributed by atoms with van der Waals surface area (Å²) in [5, 5.41) is 28.4. The Morgan fingerprint density at radius 3 is 2.30 bits per heavy atom. The van der Waals surface area contributed by atoms with E-state index < -0.39 is 22.7 Å². The molecule has 0 aliphatic carbocycles. The van der Waals surface area contributed by atoms with Gasteiger partial charge in [-0.15, -0.1) is 0 Å². The van der Waals surface area contributed by atoms with Gasteiger partial charge in [0, 0.05) is 17.7 Å². The molecule has 0 unspecified atom stereocenters. The van der Waals surface area contributed by atoms with Crippen LogP contribution < -0.4 is 5.43 Å². The molecule has 0 fully saturated rings. The van der Waals surface area contributed by atoms with Gasteiger partial charge in [0.05, 0.1) is 0 Å². The molecular formula is C18H20O5. The quantitative estimate of drug-likeness (QED) is 0.586. The van der Waals surface area contributed by atoms with Gasteiger partial charge in [0.15, 0.2) is 16.9 Å². The van der Waals surface area contributed by atoms with E-state index >= 15 is 0 Å². The van der Waals surface area contributed by atoms with E-state index in [9.17, 15) is 20.1 Å². The Morgan fingerprint density at radius 1 is 1.17 bits per heavy atom. The summed E-state index contributed by atoms with van der Waals surface area (Å²) in [6, 6.07) is 2.22. The van der Waals surface area contributed by atoms with E-state index in [2.05, 4.69) is 27.0 Å². The lowest BCUT2D eigenvalue weighted by Gasteiger charge is -2.07. The molecule has 2 rings (SSSR count). The normalized spacial score (nSPS) is 10.8. The SMILES string of the molecule is C=C/C=C(\C=C)c1cc(=O)c2c(O)c(O)c(O)cc2o1.CCC. The molecule has 23 heavy (non-hydrogen) atoms. The van der Waals surface area contributed by atoms with Gasteiger partial charge in [-0.05, 0) is 0 Å². The molecule has 1 heterocycles. The third-order valence-electron chi connectivity index (χ3n) is 2.75. The van der Waals surface area contributed by atoms with E-state index in [1.54, 1.807) is 6.08 Å². The number of hydrogen-bond acceptors (Lipinski definition) is 5. The van der Waals surface area contributed by atoms with Crippen molar-refractivity contribution in [2.24, 2.45) is 0 Å². The second-order valence-electron chi connectivity index (χ2n) is 4.71. The minimum absolute atomic E-state index is 0.0443. The molecule has 0 aliphatic rings. The maximum Gasteiger partial charge on any atom is 0.201 e. The molecule has 3 N–H and O–H groups in total. The van der Waals surface area contributed by atoms with Crippen LogP contribution in [0.1, 0.15) is 26.0 Å². The van der Waals surface area contributed by atoms with E-state index in [-0.39, 0.29) is 16.7 Å². The third-order valence-corrected chi connectivity index (χ3v) is 2.75. The Hall–Kier alpha value is -2.95. The second-order valence-corrected chi connectivity index (χ2v) is 4.71. The fourth-order valence-corrected chi connectivity index (χ4v) is 1.80. The maximum atomic E-state index is 12.0. The van der Waals surface area contributed by atoms with Crippen molar-refractivity contribution >= 4 is 16.5 Å². The first-order valence-electron chi connectivity index (χ1n) is 7.08. The summed E-state index contributed by atoms with van der Waals surface area (Å²) in [5.41, 5.74) is -0.0750. The number of allylic oxidation sites excluding steroid dienone is 4. The Kier molecular flexibility index (Phi) is 6.21. The van der Waals surface area contributed by atoms with Crippen LogP contribution in [0.3, 0.4) is 0 Å². The van der Waals surface area contributed by atoms with Crippen molar-refractivity contribution in [3.8, 4) is 17.2 Å². The summed E-state index contributed by atoms with van der Waals surface area (Å²) in [5.74, 6) is -1.85. The van der Waals surface area contributed by atoms with Gasteiger partial charge >= 0.3 is 0 Å². The monoisotopic (exact) mass is 316 g/mol. The average Bonchev–Trinajstić information content (AvgIpc) is 2.50. The number of aromatic hydroxyl groups is 3. The van der Waals surface area contributed by atoms with Gasteiger partial charge in [-0.1, -0.05) is 51.7 Å². The van der Waals surface area contributed by atoms with Crippen LogP contribution in [-0.4, -0.2) is 15.3 Å². The summed E-state index contributed by atoms with van der Waals surface area (Å²) in [6.45, 7) is 11.4. The molecule has 0 radical (unpaired) electrons. The number of fused-ring (bicyclic) bond motifs is 1. The fourth-order valence-electron chi connectivity index (χ4n) is 1.80.